The molecule has 0 aromatic rings. The Labute approximate surface area is 122 Å². The molecule has 0 spiro atoms. The summed E-state index contributed by atoms with van der Waals surface area (Å²) in [6.45, 7) is 6.75. The molecular formula is C13H24O6Si. The van der Waals surface area contributed by atoms with E-state index >= 15 is 0 Å². The molecule has 116 valence electrons. The molecule has 0 saturated carbocycles. The van der Waals surface area contributed by atoms with Crippen LogP contribution in [0.2, 0.25) is 6.04 Å². The van der Waals surface area contributed by atoms with Gasteiger partial charge in [-0.15, -0.1) is 0 Å². The number of hydrogen-bond donors (Lipinski definition) is 0. The molecule has 0 amide bonds. The maximum absolute atomic E-state index is 12.0. The van der Waals surface area contributed by atoms with Gasteiger partial charge in [-0.25, -0.2) is 0 Å². The average Bonchev–Trinajstić information content (AvgIpc) is 2.75. The molecule has 20 heavy (non-hydrogen) atoms. The third kappa shape index (κ3) is 3.46. The van der Waals surface area contributed by atoms with Crippen molar-refractivity contribution in [2.24, 2.45) is 5.92 Å². The Hall–Kier alpha value is -0.763. The Morgan fingerprint density at radius 3 is 2.20 bits per heavy atom. The van der Waals surface area contributed by atoms with Crippen LogP contribution in [-0.2, 0) is 28.5 Å². The lowest BCUT2D eigenvalue weighted by Gasteiger charge is -2.41. The highest BCUT2D eigenvalue weighted by atomic mass is 28.1. The maximum Gasteiger partial charge on any atom is 0.322 e. The summed E-state index contributed by atoms with van der Waals surface area (Å²) in [6.07, 6.45) is -0.397. The average molecular weight is 304 g/mol. The topological polar surface area (TPSA) is 71.1 Å². The standard InChI is InChI=1S/C13H24O6Si/c1-4-16-10(8-20)13(17-5-2,18-6-3)9-7-11(14)19-12(9)15/h9-10H,4-8H2,1-3,20H3. The molecule has 0 aromatic heterocycles. The van der Waals surface area contributed by atoms with Crippen molar-refractivity contribution >= 4 is 22.2 Å². The van der Waals surface area contributed by atoms with Gasteiger partial charge in [0.2, 0.25) is 5.79 Å². The zero-order valence-corrected chi connectivity index (χ0v) is 14.6. The number of ether oxygens (including phenoxy) is 4. The summed E-state index contributed by atoms with van der Waals surface area (Å²) in [5, 5.41) is 0. The van der Waals surface area contributed by atoms with Gasteiger partial charge in [0.1, 0.15) is 12.0 Å². The third-order valence-corrected chi connectivity index (χ3v) is 4.02. The van der Waals surface area contributed by atoms with Crippen molar-refractivity contribution < 1.29 is 28.5 Å². The van der Waals surface area contributed by atoms with E-state index in [1.165, 1.54) is 0 Å². The number of carbonyl (C=O) groups excluding carboxylic acids is 2. The fraction of sp³-hybridized carbons (Fsp3) is 0.846. The lowest BCUT2D eigenvalue weighted by atomic mass is 9.91. The highest BCUT2D eigenvalue weighted by molar-refractivity contribution is 6.09. The Bertz CT molecular complexity index is 340. The molecule has 2 atom stereocenters. The Kier molecular flexibility index (Phi) is 6.80. The Morgan fingerprint density at radius 1 is 1.25 bits per heavy atom. The predicted octanol–water partition coefficient (Wildman–Crippen LogP) is 0.0342. The first kappa shape index (κ1) is 17.3. The summed E-state index contributed by atoms with van der Waals surface area (Å²) in [5.41, 5.74) is 0. The first-order chi connectivity index (χ1) is 9.55. The van der Waals surface area contributed by atoms with Crippen molar-refractivity contribution in [3.8, 4) is 0 Å². The van der Waals surface area contributed by atoms with Crippen LogP contribution >= 0.6 is 0 Å². The SMILES string of the molecule is CCOC(C[SiH3])C(OCC)(OCC)C1CC(=O)OC1=O. The van der Waals surface area contributed by atoms with Crippen molar-refractivity contribution in [1.29, 1.82) is 0 Å². The van der Waals surface area contributed by atoms with E-state index in [9.17, 15) is 9.59 Å². The monoisotopic (exact) mass is 304 g/mol. The summed E-state index contributed by atoms with van der Waals surface area (Å²) >= 11 is 0. The van der Waals surface area contributed by atoms with Gasteiger partial charge in [0, 0.05) is 30.1 Å². The van der Waals surface area contributed by atoms with E-state index in [1.807, 2.05) is 20.8 Å². The fourth-order valence-corrected chi connectivity index (χ4v) is 3.41. The van der Waals surface area contributed by atoms with E-state index in [-0.39, 0.29) is 12.5 Å². The Balaban J connectivity index is 3.14. The first-order valence-electron chi connectivity index (χ1n) is 7.19. The van der Waals surface area contributed by atoms with Crippen LogP contribution in [0.1, 0.15) is 27.2 Å². The van der Waals surface area contributed by atoms with Crippen molar-refractivity contribution in [2.45, 2.75) is 45.1 Å². The minimum atomic E-state index is -1.23. The zero-order chi connectivity index (χ0) is 15.2. The van der Waals surface area contributed by atoms with E-state index in [4.69, 9.17) is 14.2 Å². The normalized spacial score (nSPS) is 21.2. The molecule has 1 aliphatic heterocycles. The van der Waals surface area contributed by atoms with Gasteiger partial charge in [-0.3, -0.25) is 9.59 Å². The van der Waals surface area contributed by atoms with Gasteiger partial charge in [0.15, 0.2) is 0 Å². The van der Waals surface area contributed by atoms with Gasteiger partial charge < -0.3 is 18.9 Å². The summed E-state index contributed by atoms with van der Waals surface area (Å²) in [5.74, 6) is -3.12. The molecule has 0 aliphatic carbocycles. The van der Waals surface area contributed by atoms with Crippen LogP contribution in [0.5, 0.6) is 0 Å². The van der Waals surface area contributed by atoms with Crippen LogP contribution in [0, 0.1) is 5.92 Å². The molecule has 6 nitrogen and oxygen atoms in total. The van der Waals surface area contributed by atoms with Gasteiger partial charge >= 0.3 is 11.9 Å². The maximum atomic E-state index is 12.0. The quantitative estimate of drug-likeness (QED) is 0.259. The highest BCUT2D eigenvalue weighted by Gasteiger charge is 2.56. The van der Waals surface area contributed by atoms with Crippen LogP contribution < -0.4 is 0 Å². The van der Waals surface area contributed by atoms with Crippen LogP contribution in [0.3, 0.4) is 0 Å². The second-order valence-corrected chi connectivity index (χ2v) is 5.31. The molecule has 2 unspecified atom stereocenters. The molecule has 1 aliphatic rings. The minimum Gasteiger partial charge on any atom is -0.393 e. The van der Waals surface area contributed by atoms with Gasteiger partial charge in [0.05, 0.1) is 6.42 Å². The summed E-state index contributed by atoms with van der Waals surface area (Å²) < 4.78 is 22.0. The molecule has 0 aromatic carbocycles. The van der Waals surface area contributed by atoms with E-state index in [0.29, 0.717) is 19.8 Å². The molecule has 1 fully saturated rings. The fourth-order valence-electron chi connectivity index (χ4n) is 2.61. The van der Waals surface area contributed by atoms with Gasteiger partial charge in [0.25, 0.3) is 0 Å². The molecule has 1 rings (SSSR count). The van der Waals surface area contributed by atoms with Crippen molar-refractivity contribution in [2.75, 3.05) is 19.8 Å². The Morgan fingerprint density at radius 2 is 1.85 bits per heavy atom. The summed E-state index contributed by atoms with van der Waals surface area (Å²) in [4.78, 5) is 23.4. The number of esters is 2. The second-order valence-electron chi connectivity index (χ2n) is 4.49. The van der Waals surface area contributed by atoms with E-state index < -0.39 is 23.6 Å². The molecule has 1 heterocycles. The lowest BCUT2D eigenvalue weighted by Crippen LogP contribution is -2.55. The number of carbonyl (C=O) groups is 2. The van der Waals surface area contributed by atoms with Crippen molar-refractivity contribution in [1.82, 2.24) is 0 Å². The van der Waals surface area contributed by atoms with Crippen LogP contribution in [0.15, 0.2) is 0 Å². The third-order valence-electron chi connectivity index (χ3n) is 3.28. The minimum absolute atomic E-state index is 0.0238. The van der Waals surface area contributed by atoms with Crippen LogP contribution in [0.25, 0.3) is 0 Å². The number of hydrogen-bond acceptors (Lipinski definition) is 6. The number of cyclic esters (lactones) is 2. The molecule has 0 radical (unpaired) electrons. The summed E-state index contributed by atoms with van der Waals surface area (Å²) in [7, 11) is 0.869. The number of rotatable bonds is 9. The predicted molar refractivity (Wildman–Crippen MR) is 75.3 cm³/mol. The van der Waals surface area contributed by atoms with Gasteiger partial charge in [-0.1, -0.05) is 0 Å². The lowest BCUT2D eigenvalue weighted by molar-refractivity contribution is -0.304. The van der Waals surface area contributed by atoms with Crippen LogP contribution in [-0.4, -0.2) is 53.9 Å². The molecule has 1 saturated heterocycles. The largest absolute Gasteiger partial charge is 0.393 e. The molecule has 0 bridgehead atoms. The van der Waals surface area contributed by atoms with Crippen molar-refractivity contribution in [3.63, 3.8) is 0 Å². The first-order valence-corrected chi connectivity index (χ1v) is 8.61. The zero-order valence-electron chi connectivity index (χ0n) is 12.6. The van der Waals surface area contributed by atoms with Gasteiger partial charge in [-0.05, 0) is 26.8 Å². The smallest absolute Gasteiger partial charge is 0.322 e. The molecule has 7 heteroatoms. The summed E-state index contributed by atoms with van der Waals surface area (Å²) in [6, 6.07) is 0.742. The molecule has 0 N–H and O–H groups in total. The second kappa shape index (κ2) is 7.87. The van der Waals surface area contributed by atoms with Gasteiger partial charge in [-0.2, -0.15) is 0 Å². The molecular weight excluding hydrogens is 280 g/mol. The van der Waals surface area contributed by atoms with Crippen LogP contribution in [0.4, 0.5) is 0 Å². The van der Waals surface area contributed by atoms with E-state index in [2.05, 4.69) is 4.74 Å². The highest BCUT2D eigenvalue weighted by Crippen LogP contribution is 2.37. The van der Waals surface area contributed by atoms with E-state index in [1.54, 1.807) is 0 Å². The van der Waals surface area contributed by atoms with E-state index in [0.717, 1.165) is 16.3 Å². The van der Waals surface area contributed by atoms with Crippen molar-refractivity contribution in [3.05, 3.63) is 0 Å².